The minimum absolute atomic E-state index is 0.122. The van der Waals surface area contributed by atoms with E-state index in [-0.39, 0.29) is 17.6 Å². The van der Waals surface area contributed by atoms with Crippen molar-refractivity contribution in [2.24, 2.45) is 0 Å². The standard InChI is InChI=1S/C20H30O2S/c1-9-19(15(8)21)23(22)20-17(13(4)5)10-16(12(2)3)11-18(20)14(6)7/h9-14H,1-8H3/b19-9+/t23-/m1/s1. The number of Topliss-reactive ketones (excluding diaryl/α,β-unsaturated/α-hetero) is 1. The van der Waals surface area contributed by atoms with Crippen LogP contribution in [0.5, 0.6) is 0 Å². The lowest BCUT2D eigenvalue weighted by atomic mass is 9.89. The first-order valence-electron chi connectivity index (χ1n) is 8.38. The number of carbonyl (C=O) groups excluding carboxylic acids is 1. The lowest BCUT2D eigenvalue weighted by Gasteiger charge is -2.22. The van der Waals surface area contributed by atoms with Crippen LogP contribution in [0.1, 0.15) is 89.8 Å². The molecular weight excluding hydrogens is 304 g/mol. The van der Waals surface area contributed by atoms with Gasteiger partial charge < -0.3 is 0 Å². The quantitative estimate of drug-likeness (QED) is 0.629. The molecule has 1 rings (SSSR count). The molecule has 0 spiro atoms. The predicted molar refractivity (Wildman–Crippen MR) is 99.6 cm³/mol. The van der Waals surface area contributed by atoms with E-state index in [0.717, 1.165) is 16.0 Å². The summed E-state index contributed by atoms with van der Waals surface area (Å²) in [5, 5.41) is 0. The second-order valence-electron chi connectivity index (χ2n) is 6.97. The average molecular weight is 335 g/mol. The minimum atomic E-state index is -1.43. The zero-order chi connectivity index (χ0) is 17.9. The summed E-state index contributed by atoms with van der Waals surface area (Å²) in [6.45, 7) is 16.1. The molecule has 3 heteroatoms. The van der Waals surface area contributed by atoms with Gasteiger partial charge in [0.05, 0.1) is 20.6 Å². The van der Waals surface area contributed by atoms with Gasteiger partial charge in [0, 0.05) is 0 Å². The van der Waals surface area contributed by atoms with Crippen molar-refractivity contribution in [3.63, 3.8) is 0 Å². The van der Waals surface area contributed by atoms with Crippen molar-refractivity contribution in [3.05, 3.63) is 39.8 Å². The van der Waals surface area contributed by atoms with E-state index in [1.165, 1.54) is 12.5 Å². The first-order valence-corrected chi connectivity index (χ1v) is 9.53. The Bertz CT molecular complexity index is 608. The van der Waals surface area contributed by atoms with Crippen molar-refractivity contribution in [1.82, 2.24) is 0 Å². The van der Waals surface area contributed by atoms with Gasteiger partial charge in [-0.15, -0.1) is 0 Å². The molecule has 0 N–H and O–H groups in total. The molecule has 23 heavy (non-hydrogen) atoms. The Morgan fingerprint density at radius 3 is 1.65 bits per heavy atom. The van der Waals surface area contributed by atoms with Crippen LogP contribution in [0.4, 0.5) is 0 Å². The minimum Gasteiger partial charge on any atom is -0.294 e. The van der Waals surface area contributed by atoms with Crippen molar-refractivity contribution in [1.29, 1.82) is 0 Å². The predicted octanol–water partition coefficient (Wildman–Crippen LogP) is 5.66. The summed E-state index contributed by atoms with van der Waals surface area (Å²) in [5.41, 5.74) is 3.46. The van der Waals surface area contributed by atoms with Crippen molar-refractivity contribution in [2.75, 3.05) is 0 Å². The highest BCUT2D eigenvalue weighted by Crippen LogP contribution is 2.36. The van der Waals surface area contributed by atoms with Gasteiger partial charge in [-0.05, 0) is 48.3 Å². The molecule has 0 heterocycles. The van der Waals surface area contributed by atoms with Gasteiger partial charge in [-0.2, -0.15) is 0 Å². The maximum Gasteiger partial charge on any atom is 0.168 e. The molecule has 2 nitrogen and oxygen atoms in total. The summed E-state index contributed by atoms with van der Waals surface area (Å²) in [6.07, 6.45) is 1.68. The maximum absolute atomic E-state index is 13.2. The fourth-order valence-corrected chi connectivity index (χ4v) is 4.37. The third-order valence-corrected chi connectivity index (χ3v) is 5.84. The van der Waals surface area contributed by atoms with E-state index >= 15 is 0 Å². The van der Waals surface area contributed by atoms with E-state index < -0.39 is 10.8 Å². The number of carbonyl (C=O) groups is 1. The Morgan fingerprint density at radius 1 is 0.957 bits per heavy atom. The zero-order valence-corrected chi connectivity index (χ0v) is 16.5. The molecule has 0 bridgehead atoms. The third kappa shape index (κ3) is 4.41. The molecule has 0 aliphatic heterocycles. The molecule has 0 amide bonds. The maximum atomic E-state index is 13.2. The Balaban J connectivity index is 3.74. The van der Waals surface area contributed by atoms with E-state index in [0.29, 0.717) is 10.8 Å². The summed E-state index contributed by atoms with van der Waals surface area (Å²) in [7, 11) is -1.43. The number of hydrogen-bond acceptors (Lipinski definition) is 2. The van der Waals surface area contributed by atoms with Crippen LogP contribution < -0.4 is 0 Å². The Morgan fingerprint density at radius 2 is 1.39 bits per heavy atom. The fourth-order valence-electron chi connectivity index (χ4n) is 2.65. The van der Waals surface area contributed by atoms with Gasteiger partial charge in [-0.25, -0.2) is 4.21 Å². The largest absolute Gasteiger partial charge is 0.294 e. The summed E-state index contributed by atoms with van der Waals surface area (Å²) in [5.74, 6) is 0.815. The molecule has 0 radical (unpaired) electrons. The molecule has 1 aromatic rings. The molecule has 1 aromatic carbocycles. The van der Waals surface area contributed by atoms with E-state index in [1.54, 1.807) is 13.0 Å². The lowest BCUT2D eigenvalue weighted by molar-refractivity contribution is -0.113. The van der Waals surface area contributed by atoms with Crippen molar-refractivity contribution in [2.45, 2.75) is 78.0 Å². The van der Waals surface area contributed by atoms with E-state index in [4.69, 9.17) is 0 Å². The van der Waals surface area contributed by atoms with Crippen LogP contribution in [-0.4, -0.2) is 9.99 Å². The van der Waals surface area contributed by atoms with Gasteiger partial charge in [0.1, 0.15) is 0 Å². The first-order chi connectivity index (χ1) is 10.6. The van der Waals surface area contributed by atoms with Crippen molar-refractivity contribution in [3.8, 4) is 0 Å². The summed E-state index contributed by atoms with van der Waals surface area (Å²) < 4.78 is 13.2. The molecule has 128 valence electrons. The average Bonchev–Trinajstić information content (AvgIpc) is 2.45. The van der Waals surface area contributed by atoms with Crippen molar-refractivity contribution >= 4 is 16.6 Å². The number of ketones is 1. The Labute approximate surface area is 143 Å². The number of hydrogen-bond donors (Lipinski definition) is 0. The summed E-state index contributed by atoms with van der Waals surface area (Å²) in [6, 6.07) is 4.34. The second-order valence-corrected chi connectivity index (χ2v) is 8.36. The van der Waals surface area contributed by atoms with Gasteiger partial charge in [0.25, 0.3) is 0 Å². The highest BCUT2D eigenvalue weighted by atomic mass is 32.2. The highest BCUT2D eigenvalue weighted by Gasteiger charge is 2.24. The van der Waals surface area contributed by atoms with E-state index in [1.807, 2.05) is 0 Å². The monoisotopic (exact) mass is 334 g/mol. The molecular formula is C20H30O2S. The van der Waals surface area contributed by atoms with Gasteiger partial charge >= 0.3 is 0 Å². The molecule has 0 saturated carbocycles. The lowest BCUT2D eigenvalue weighted by Crippen LogP contribution is -2.12. The van der Waals surface area contributed by atoms with Crippen molar-refractivity contribution < 1.29 is 9.00 Å². The van der Waals surface area contributed by atoms with Crippen LogP contribution in [-0.2, 0) is 15.6 Å². The molecule has 0 aliphatic rings. The van der Waals surface area contributed by atoms with Crippen LogP contribution >= 0.6 is 0 Å². The Kier molecular flexibility index (Phi) is 6.94. The fraction of sp³-hybridized carbons (Fsp3) is 0.550. The van der Waals surface area contributed by atoms with Crippen LogP contribution in [0, 0.1) is 0 Å². The summed E-state index contributed by atoms with van der Waals surface area (Å²) in [4.78, 5) is 13.1. The molecule has 0 saturated heterocycles. The smallest absolute Gasteiger partial charge is 0.168 e. The highest BCUT2D eigenvalue weighted by molar-refractivity contribution is 7.90. The van der Waals surface area contributed by atoms with Crippen LogP contribution in [0.2, 0.25) is 0 Å². The summed E-state index contributed by atoms with van der Waals surface area (Å²) >= 11 is 0. The molecule has 0 aromatic heterocycles. The van der Waals surface area contributed by atoms with Crippen LogP contribution in [0.15, 0.2) is 28.0 Å². The molecule has 0 unspecified atom stereocenters. The molecule has 1 atom stereocenters. The molecule has 0 aliphatic carbocycles. The van der Waals surface area contributed by atoms with Crippen LogP contribution in [0.25, 0.3) is 0 Å². The second kappa shape index (κ2) is 8.05. The van der Waals surface area contributed by atoms with Gasteiger partial charge in [-0.1, -0.05) is 59.8 Å². The molecule has 0 fully saturated rings. The topological polar surface area (TPSA) is 34.1 Å². The van der Waals surface area contributed by atoms with Gasteiger partial charge in [0.2, 0.25) is 0 Å². The number of allylic oxidation sites excluding steroid dienone is 2. The van der Waals surface area contributed by atoms with E-state index in [2.05, 4.69) is 53.7 Å². The van der Waals surface area contributed by atoms with Crippen LogP contribution in [0.3, 0.4) is 0 Å². The van der Waals surface area contributed by atoms with Gasteiger partial charge in [-0.3, -0.25) is 4.79 Å². The van der Waals surface area contributed by atoms with E-state index in [9.17, 15) is 9.00 Å². The van der Waals surface area contributed by atoms with Gasteiger partial charge in [0.15, 0.2) is 5.78 Å². The number of rotatable bonds is 6. The number of benzene rings is 1. The third-order valence-electron chi connectivity index (χ3n) is 4.07. The Hall–Kier alpha value is -1.22. The first kappa shape index (κ1) is 19.8. The zero-order valence-electron chi connectivity index (χ0n) is 15.7. The normalized spacial score (nSPS) is 14.0. The SMILES string of the molecule is C/C=C(\C(C)=O)[S@@](=O)c1c(C(C)C)cc(C(C)C)cc1C(C)C.